The smallest absolute Gasteiger partial charge is 0.251 e. The summed E-state index contributed by atoms with van der Waals surface area (Å²) in [5.41, 5.74) is 1.23. The number of hydrogen-bond donors (Lipinski definition) is 4. The molecule has 9 heteroatoms. The Bertz CT molecular complexity index is 1240. The molecule has 192 valence electrons. The molecule has 0 aliphatic rings. The minimum atomic E-state index is -3.65. The number of halogens is 1. The molecule has 0 fully saturated rings. The van der Waals surface area contributed by atoms with Crippen molar-refractivity contribution in [2.24, 2.45) is 0 Å². The van der Waals surface area contributed by atoms with Gasteiger partial charge in [0.1, 0.15) is 5.82 Å². The number of carbonyl (C=O) groups excluding carboxylic acids is 1. The van der Waals surface area contributed by atoms with E-state index in [-0.39, 0.29) is 17.0 Å². The number of benzene rings is 3. The Hall–Kier alpha value is -3.27. The van der Waals surface area contributed by atoms with Gasteiger partial charge in [0.25, 0.3) is 5.91 Å². The van der Waals surface area contributed by atoms with Gasteiger partial charge in [-0.3, -0.25) is 4.79 Å². The first-order chi connectivity index (χ1) is 16.9. The van der Waals surface area contributed by atoms with Gasteiger partial charge >= 0.3 is 0 Å². The van der Waals surface area contributed by atoms with E-state index in [9.17, 15) is 22.7 Å². The second-order valence-electron chi connectivity index (χ2n) is 9.60. The summed E-state index contributed by atoms with van der Waals surface area (Å²) in [7, 11) is -3.65. The first-order valence-corrected chi connectivity index (χ1v) is 13.1. The molecule has 7 nitrogen and oxygen atoms in total. The molecule has 0 saturated carbocycles. The summed E-state index contributed by atoms with van der Waals surface area (Å²) in [5, 5.41) is 16.9. The Morgan fingerprint density at radius 1 is 0.944 bits per heavy atom. The lowest BCUT2D eigenvalue weighted by Gasteiger charge is -2.25. The molecule has 1 amide bonds. The molecular formula is C27H32FN3O4S. The fourth-order valence-corrected chi connectivity index (χ4v) is 5.00. The van der Waals surface area contributed by atoms with Crippen molar-refractivity contribution in [3.05, 3.63) is 95.8 Å². The van der Waals surface area contributed by atoms with Crippen molar-refractivity contribution in [1.29, 1.82) is 0 Å². The molecule has 0 unspecified atom stereocenters. The van der Waals surface area contributed by atoms with Crippen LogP contribution in [0.25, 0.3) is 0 Å². The SMILES string of the molecule is CC(C)(C)NS(=O)(=O)c1ccc(NC[C@H](O)[C@H](Cc2ccccc2)NC(=O)c2ccc(F)cc2)cc1. The topological polar surface area (TPSA) is 108 Å². The van der Waals surface area contributed by atoms with Crippen LogP contribution in [0.1, 0.15) is 36.7 Å². The van der Waals surface area contributed by atoms with Gasteiger partial charge in [-0.2, -0.15) is 0 Å². The molecule has 4 N–H and O–H groups in total. The average Bonchev–Trinajstić information content (AvgIpc) is 2.82. The standard InChI is InChI=1S/C27H32FN3O4S/c1-27(2,3)31-36(34,35)23-15-13-22(14-16-23)29-18-25(32)24(17-19-7-5-4-6-8-19)30-26(33)20-9-11-21(28)12-10-20/h4-16,24-25,29,31-32H,17-18H2,1-3H3,(H,30,33)/t24-,25-/m0/s1. The van der Waals surface area contributed by atoms with Crippen LogP contribution in [0.5, 0.6) is 0 Å². The van der Waals surface area contributed by atoms with Crippen LogP contribution >= 0.6 is 0 Å². The zero-order valence-electron chi connectivity index (χ0n) is 20.5. The molecule has 0 aromatic heterocycles. The van der Waals surface area contributed by atoms with Gasteiger partial charge in [-0.25, -0.2) is 17.5 Å². The fourth-order valence-electron chi connectivity index (χ4n) is 3.58. The van der Waals surface area contributed by atoms with Crippen LogP contribution in [0.2, 0.25) is 0 Å². The van der Waals surface area contributed by atoms with Crippen molar-refractivity contribution in [2.75, 3.05) is 11.9 Å². The summed E-state index contributed by atoms with van der Waals surface area (Å²) >= 11 is 0. The minimum Gasteiger partial charge on any atom is -0.389 e. The molecule has 0 aliphatic heterocycles. The van der Waals surface area contributed by atoms with E-state index in [2.05, 4.69) is 15.4 Å². The Kier molecular flexibility index (Phi) is 8.84. The molecule has 3 aromatic rings. The number of nitrogens with one attached hydrogen (secondary N) is 3. The van der Waals surface area contributed by atoms with E-state index in [4.69, 9.17) is 0 Å². The molecule has 0 radical (unpaired) electrons. The van der Waals surface area contributed by atoms with Crippen LogP contribution in [0.3, 0.4) is 0 Å². The zero-order chi connectivity index (χ0) is 26.3. The second-order valence-corrected chi connectivity index (χ2v) is 11.3. The van der Waals surface area contributed by atoms with Crippen LogP contribution in [0, 0.1) is 5.82 Å². The molecule has 0 bridgehead atoms. The van der Waals surface area contributed by atoms with Gasteiger partial charge in [0.05, 0.1) is 17.0 Å². The van der Waals surface area contributed by atoms with Crippen LogP contribution in [-0.2, 0) is 16.4 Å². The summed E-state index contributed by atoms with van der Waals surface area (Å²) in [6.45, 7) is 5.40. The molecule has 2 atom stereocenters. The maximum absolute atomic E-state index is 13.2. The molecule has 0 aliphatic carbocycles. The van der Waals surface area contributed by atoms with Gasteiger partial charge in [-0.1, -0.05) is 30.3 Å². The van der Waals surface area contributed by atoms with Gasteiger partial charge < -0.3 is 15.7 Å². The van der Waals surface area contributed by atoms with Gasteiger partial charge in [0, 0.05) is 23.3 Å². The molecule has 3 rings (SSSR count). The molecular weight excluding hydrogens is 481 g/mol. The number of amides is 1. The zero-order valence-corrected chi connectivity index (χ0v) is 21.3. The van der Waals surface area contributed by atoms with E-state index in [0.29, 0.717) is 12.1 Å². The largest absolute Gasteiger partial charge is 0.389 e. The number of anilines is 1. The van der Waals surface area contributed by atoms with Gasteiger partial charge in [-0.15, -0.1) is 0 Å². The van der Waals surface area contributed by atoms with Crippen molar-refractivity contribution in [2.45, 2.75) is 49.8 Å². The molecule has 3 aromatic carbocycles. The number of sulfonamides is 1. The lowest BCUT2D eigenvalue weighted by molar-refractivity contribution is 0.0851. The van der Waals surface area contributed by atoms with Gasteiger partial charge in [0.2, 0.25) is 10.0 Å². The monoisotopic (exact) mass is 513 g/mol. The van der Waals surface area contributed by atoms with Gasteiger partial charge in [0.15, 0.2) is 0 Å². The summed E-state index contributed by atoms with van der Waals surface area (Å²) < 4.78 is 40.8. The van der Waals surface area contributed by atoms with E-state index in [1.54, 1.807) is 32.9 Å². The average molecular weight is 514 g/mol. The highest BCUT2D eigenvalue weighted by molar-refractivity contribution is 7.89. The molecule has 36 heavy (non-hydrogen) atoms. The predicted octanol–water partition coefficient (Wildman–Crippen LogP) is 3.72. The number of hydrogen-bond acceptors (Lipinski definition) is 5. The highest BCUT2D eigenvalue weighted by atomic mass is 32.2. The molecule has 0 spiro atoms. The third-order valence-electron chi connectivity index (χ3n) is 5.31. The summed E-state index contributed by atoms with van der Waals surface area (Å²) in [6, 6.07) is 20.2. The highest BCUT2D eigenvalue weighted by Crippen LogP contribution is 2.17. The number of aliphatic hydroxyl groups is 1. The summed E-state index contributed by atoms with van der Waals surface area (Å²) in [6.07, 6.45) is -0.590. The fraction of sp³-hybridized carbons (Fsp3) is 0.296. The normalized spacial score (nSPS) is 13.6. The summed E-state index contributed by atoms with van der Waals surface area (Å²) in [5.74, 6) is -0.861. The number of aliphatic hydroxyl groups excluding tert-OH is 1. The third kappa shape index (κ3) is 8.15. The molecule has 0 saturated heterocycles. The number of carbonyl (C=O) groups is 1. The maximum atomic E-state index is 13.2. The number of rotatable bonds is 10. The van der Waals surface area contributed by atoms with Crippen molar-refractivity contribution in [3.8, 4) is 0 Å². The minimum absolute atomic E-state index is 0.105. The summed E-state index contributed by atoms with van der Waals surface area (Å²) in [4.78, 5) is 12.9. The van der Waals surface area contributed by atoms with Crippen molar-refractivity contribution in [1.82, 2.24) is 10.0 Å². The lowest BCUT2D eigenvalue weighted by Crippen LogP contribution is -2.47. The Balaban J connectivity index is 1.68. The van der Waals surface area contributed by atoms with Crippen molar-refractivity contribution >= 4 is 21.6 Å². The first-order valence-electron chi connectivity index (χ1n) is 11.6. The Labute approximate surface area is 211 Å². The van der Waals surface area contributed by atoms with Crippen LogP contribution in [-0.4, -0.2) is 43.7 Å². The van der Waals surface area contributed by atoms with E-state index in [1.807, 2.05) is 30.3 Å². The van der Waals surface area contributed by atoms with E-state index in [0.717, 1.165) is 5.56 Å². The molecule has 0 heterocycles. The van der Waals surface area contributed by atoms with Crippen LogP contribution in [0.4, 0.5) is 10.1 Å². The van der Waals surface area contributed by atoms with E-state index < -0.39 is 39.4 Å². The quantitative estimate of drug-likeness (QED) is 0.331. The van der Waals surface area contributed by atoms with E-state index in [1.165, 1.54) is 36.4 Å². The predicted molar refractivity (Wildman–Crippen MR) is 139 cm³/mol. The second kappa shape index (κ2) is 11.6. The van der Waals surface area contributed by atoms with Crippen LogP contribution < -0.4 is 15.4 Å². The Morgan fingerprint density at radius 3 is 2.14 bits per heavy atom. The highest BCUT2D eigenvalue weighted by Gasteiger charge is 2.24. The van der Waals surface area contributed by atoms with Crippen LogP contribution in [0.15, 0.2) is 83.8 Å². The van der Waals surface area contributed by atoms with Crippen molar-refractivity contribution < 1.29 is 22.7 Å². The van der Waals surface area contributed by atoms with Gasteiger partial charge in [-0.05, 0) is 81.3 Å². The third-order valence-corrected chi connectivity index (χ3v) is 7.08. The Morgan fingerprint density at radius 2 is 1.56 bits per heavy atom. The maximum Gasteiger partial charge on any atom is 0.251 e. The van der Waals surface area contributed by atoms with E-state index >= 15 is 0 Å². The van der Waals surface area contributed by atoms with Crippen molar-refractivity contribution in [3.63, 3.8) is 0 Å². The first kappa shape index (κ1) is 27.3. The lowest BCUT2D eigenvalue weighted by atomic mass is 10.0.